The SMILES string of the molecule is CC(C)(C)OC(=O)N1CCCC(Cc2cccc(-c3ccncc3)c2)(C(=O)O)C1. The number of hydrogen-bond acceptors (Lipinski definition) is 4. The molecule has 1 amide bonds. The minimum absolute atomic E-state index is 0.150. The fraction of sp³-hybridized carbons (Fsp3) is 0.435. The van der Waals surface area contributed by atoms with Crippen LogP contribution in [-0.2, 0) is 16.0 Å². The van der Waals surface area contributed by atoms with Crippen LogP contribution in [-0.4, -0.2) is 45.7 Å². The number of carbonyl (C=O) groups is 2. The molecule has 1 aliphatic heterocycles. The summed E-state index contributed by atoms with van der Waals surface area (Å²) in [7, 11) is 0. The maximum Gasteiger partial charge on any atom is 0.410 e. The van der Waals surface area contributed by atoms with E-state index in [1.54, 1.807) is 12.4 Å². The molecule has 3 rings (SSSR count). The van der Waals surface area contributed by atoms with Crippen molar-refractivity contribution in [2.24, 2.45) is 5.41 Å². The van der Waals surface area contributed by atoms with Crippen LogP contribution in [0.5, 0.6) is 0 Å². The smallest absolute Gasteiger partial charge is 0.410 e. The highest BCUT2D eigenvalue weighted by molar-refractivity contribution is 5.77. The Kier molecular flexibility index (Phi) is 5.91. The van der Waals surface area contributed by atoms with E-state index in [1.807, 2.05) is 57.2 Å². The lowest BCUT2D eigenvalue weighted by Gasteiger charge is -2.40. The third-order valence-electron chi connectivity index (χ3n) is 5.17. The molecular formula is C23H28N2O4. The first-order valence-corrected chi connectivity index (χ1v) is 9.89. The number of ether oxygens (including phenoxy) is 1. The predicted molar refractivity (Wildman–Crippen MR) is 110 cm³/mol. The molecular weight excluding hydrogens is 368 g/mol. The number of rotatable bonds is 4. The number of pyridine rings is 1. The zero-order valence-electron chi connectivity index (χ0n) is 17.2. The summed E-state index contributed by atoms with van der Waals surface area (Å²) in [6.45, 7) is 6.09. The number of aliphatic carboxylic acids is 1. The average molecular weight is 396 g/mol. The monoisotopic (exact) mass is 396 g/mol. The van der Waals surface area contributed by atoms with Gasteiger partial charge in [-0.3, -0.25) is 9.78 Å². The van der Waals surface area contributed by atoms with Gasteiger partial charge in [0.15, 0.2) is 0 Å². The van der Waals surface area contributed by atoms with Gasteiger partial charge in [-0.25, -0.2) is 4.79 Å². The number of likely N-dealkylation sites (tertiary alicyclic amines) is 1. The van der Waals surface area contributed by atoms with E-state index in [-0.39, 0.29) is 6.54 Å². The third kappa shape index (κ3) is 5.13. The Balaban J connectivity index is 1.83. The van der Waals surface area contributed by atoms with E-state index >= 15 is 0 Å². The second-order valence-electron chi connectivity index (χ2n) is 8.70. The van der Waals surface area contributed by atoms with E-state index in [9.17, 15) is 14.7 Å². The number of nitrogens with zero attached hydrogens (tertiary/aromatic N) is 2. The van der Waals surface area contributed by atoms with Crippen molar-refractivity contribution in [3.05, 3.63) is 54.4 Å². The third-order valence-corrected chi connectivity index (χ3v) is 5.17. The Morgan fingerprint density at radius 3 is 2.55 bits per heavy atom. The summed E-state index contributed by atoms with van der Waals surface area (Å²) >= 11 is 0. The zero-order valence-corrected chi connectivity index (χ0v) is 17.2. The topological polar surface area (TPSA) is 79.7 Å². The number of benzene rings is 1. The number of carboxylic acids is 1. The second-order valence-corrected chi connectivity index (χ2v) is 8.70. The molecule has 1 saturated heterocycles. The van der Waals surface area contributed by atoms with Gasteiger partial charge >= 0.3 is 12.1 Å². The lowest BCUT2D eigenvalue weighted by atomic mass is 9.75. The maximum absolute atomic E-state index is 12.5. The Morgan fingerprint density at radius 1 is 1.17 bits per heavy atom. The molecule has 1 unspecified atom stereocenters. The molecule has 1 aromatic heterocycles. The van der Waals surface area contributed by atoms with Gasteiger partial charge in [-0.2, -0.15) is 0 Å². The molecule has 1 aromatic carbocycles. The van der Waals surface area contributed by atoms with Crippen LogP contribution in [0.25, 0.3) is 11.1 Å². The molecule has 1 fully saturated rings. The highest BCUT2D eigenvalue weighted by Crippen LogP contribution is 2.35. The number of carboxylic acid groups (broad SMARTS) is 1. The molecule has 0 aliphatic carbocycles. The van der Waals surface area contributed by atoms with Crippen LogP contribution < -0.4 is 0 Å². The molecule has 6 heteroatoms. The minimum atomic E-state index is -1.02. The molecule has 2 aromatic rings. The number of amides is 1. The Bertz CT molecular complexity index is 876. The lowest BCUT2D eigenvalue weighted by Crippen LogP contribution is -2.52. The van der Waals surface area contributed by atoms with Crippen molar-refractivity contribution >= 4 is 12.1 Å². The van der Waals surface area contributed by atoms with Crippen molar-refractivity contribution in [3.8, 4) is 11.1 Å². The van der Waals surface area contributed by atoms with Gasteiger partial charge in [-0.1, -0.05) is 24.3 Å². The molecule has 0 radical (unpaired) electrons. The largest absolute Gasteiger partial charge is 0.481 e. The molecule has 2 heterocycles. The molecule has 0 spiro atoms. The predicted octanol–water partition coefficient (Wildman–Crippen LogP) is 4.39. The van der Waals surface area contributed by atoms with Crippen LogP contribution in [0.4, 0.5) is 4.79 Å². The Labute approximate surface area is 171 Å². The second kappa shape index (κ2) is 8.23. The highest BCUT2D eigenvalue weighted by Gasteiger charge is 2.44. The molecule has 1 aliphatic rings. The molecule has 0 saturated carbocycles. The molecule has 1 atom stereocenters. The first-order valence-electron chi connectivity index (χ1n) is 9.89. The van der Waals surface area contributed by atoms with Crippen molar-refractivity contribution in [1.82, 2.24) is 9.88 Å². The van der Waals surface area contributed by atoms with Gasteiger partial charge < -0.3 is 14.7 Å². The molecule has 0 bridgehead atoms. The number of piperidine rings is 1. The molecule has 154 valence electrons. The fourth-order valence-corrected chi connectivity index (χ4v) is 3.80. The van der Waals surface area contributed by atoms with E-state index in [1.165, 1.54) is 4.90 Å². The fourth-order valence-electron chi connectivity index (χ4n) is 3.80. The van der Waals surface area contributed by atoms with Crippen LogP contribution in [0.2, 0.25) is 0 Å². The first-order chi connectivity index (χ1) is 13.7. The summed E-state index contributed by atoms with van der Waals surface area (Å²) < 4.78 is 5.47. The lowest BCUT2D eigenvalue weighted by molar-refractivity contribution is -0.152. The van der Waals surface area contributed by atoms with E-state index < -0.39 is 23.1 Å². The normalized spacial score (nSPS) is 19.6. The van der Waals surface area contributed by atoms with E-state index in [2.05, 4.69) is 4.98 Å². The van der Waals surface area contributed by atoms with Crippen LogP contribution in [0.3, 0.4) is 0 Å². The van der Waals surface area contributed by atoms with Crippen LogP contribution in [0.15, 0.2) is 48.8 Å². The summed E-state index contributed by atoms with van der Waals surface area (Å²) in [6.07, 6.45) is 4.55. The highest BCUT2D eigenvalue weighted by atomic mass is 16.6. The first kappa shape index (κ1) is 20.8. The van der Waals surface area contributed by atoms with Crippen molar-refractivity contribution in [1.29, 1.82) is 0 Å². The number of aromatic nitrogens is 1. The van der Waals surface area contributed by atoms with Gasteiger partial charge in [0.2, 0.25) is 0 Å². The van der Waals surface area contributed by atoms with Crippen molar-refractivity contribution < 1.29 is 19.4 Å². The number of hydrogen-bond donors (Lipinski definition) is 1. The molecule has 6 nitrogen and oxygen atoms in total. The quantitative estimate of drug-likeness (QED) is 0.829. The summed E-state index contributed by atoms with van der Waals surface area (Å²) in [5.74, 6) is -0.875. The van der Waals surface area contributed by atoms with E-state index in [0.717, 1.165) is 16.7 Å². The van der Waals surface area contributed by atoms with Gasteiger partial charge in [0.05, 0.1) is 5.41 Å². The molecule has 29 heavy (non-hydrogen) atoms. The van der Waals surface area contributed by atoms with Gasteiger partial charge in [-0.15, -0.1) is 0 Å². The standard InChI is InChI=1S/C23H28N2O4/c1-22(2,3)29-21(28)25-13-5-10-23(16-25,20(26)27)15-17-6-4-7-19(14-17)18-8-11-24-12-9-18/h4,6-9,11-12,14H,5,10,13,15-16H2,1-3H3,(H,26,27). The van der Waals surface area contributed by atoms with Gasteiger partial charge in [0, 0.05) is 25.5 Å². The summed E-state index contributed by atoms with van der Waals surface area (Å²) in [5.41, 5.74) is 1.36. The van der Waals surface area contributed by atoms with Crippen molar-refractivity contribution in [3.63, 3.8) is 0 Å². The van der Waals surface area contributed by atoms with Gasteiger partial charge in [-0.05, 0) is 68.9 Å². The van der Waals surface area contributed by atoms with Crippen LogP contribution in [0.1, 0.15) is 39.2 Å². The van der Waals surface area contributed by atoms with Crippen LogP contribution >= 0.6 is 0 Å². The van der Waals surface area contributed by atoms with E-state index in [0.29, 0.717) is 25.8 Å². The summed E-state index contributed by atoms with van der Waals surface area (Å²) in [4.78, 5) is 30.4. The van der Waals surface area contributed by atoms with Crippen molar-refractivity contribution in [2.75, 3.05) is 13.1 Å². The summed E-state index contributed by atoms with van der Waals surface area (Å²) in [5, 5.41) is 10.1. The average Bonchev–Trinajstić information content (AvgIpc) is 2.68. The number of carbonyl (C=O) groups excluding carboxylic acids is 1. The van der Waals surface area contributed by atoms with E-state index in [4.69, 9.17) is 4.74 Å². The Hall–Kier alpha value is -2.89. The Morgan fingerprint density at radius 2 is 1.90 bits per heavy atom. The van der Waals surface area contributed by atoms with Gasteiger partial charge in [0.25, 0.3) is 0 Å². The summed E-state index contributed by atoms with van der Waals surface area (Å²) in [6, 6.07) is 11.8. The maximum atomic E-state index is 12.5. The van der Waals surface area contributed by atoms with Crippen LogP contribution in [0, 0.1) is 5.41 Å². The molecule has 1 N–H and O–H groups in total. The zero-order chi connectivity index (χ0) is 21.1. The minimum Gasteiger partial charge on any atom is -0.481 e. The van der Waals surface area contributed by atoms with Gasteiger partial charge in [0.1, 0.15) is 5.60 Å². The van der Waals surface area contributed by atoms with Crippen molar-refractivity contribution in [2.45, 2.75) is 45.6 Å².